The van der Waals surface area contributed by atoms with Gasteiger partial charge in [-0.2, -0.15) is 5.26 Å². The number of nitrogens with two attached hydrogens (primary N) is 1. The number of rotatable bonds is 1. The number of hydrogen-bond acceptors (Lipinski definition) is 3. The third-order valence-corrected chi connectivity index (χ3v) is 2.55. The number of halogens is 4. The highest BCUT2D eigenvalue weighted by atomic mass is 32.2. The summed E-state index contributed by atoms with van der Waals surface area (Å²) in [7, 11) is -4.97. The summed E-state index contributed by atoms with van der Waals surface area (Å²) in [6.45, 7) is 0. The van der Waals surface area contributed by atoms with Crippen molar-refractivity contribution in [1.82, 2.24) is 0 Å². The van der Waals surface area contributed by atoms with Gasteiger partial charge < -0.3 is 0 Å². The van der Waals surface area contributed by atoms with Crippen molar-refractivity contribution in [3.05, 3.63) is 28.8 Å². The third-order valence-electron chi connectivity index (χ3n) is 1.62. The van der Waals surface area contributed by atoms with Gasteiger partial charge in [0, 0.05) is 0 Å². The predicted octanol–water partition coefficient (Wildman–Crippen LogP) is 0.762. The Balaban J connectivity index is 3.91. The Morgan fingerprint density at radius 2 is 1.38 bits per heavy atom. The molecule has 0 amide bonds. The minimum absolute atomic E-state index is 0.858. The molecule has 0 radical (unpaired) electrons. The summed E-state index contributed by atoms with van der Waals surface area (Å²) in [6, 6.07) is 0.858. The number of primary sulfonamides is 1. The first-order chi connectivity index (χ1) is 7.21. The van der Waals surface area contributed by atoms with Crippen LogP contribution in [0, 0.1) is 34.6 Å². The summed E-state index contributed by atoms with van der Waals surface area (Å²) < 4.78 is 73.1. The summed E-state index contributed by atoms with van der Waals surface area (Å²) in [5, 5.41) is 12.6. The largest absolute Gasteiger partial charge is 0.244 e. The fraction of sp³-hybridized carbons (Fsp3) is 0. The molecule has 0 aliphatic rings. The summed E-state index contributed by atoms with van der Waals surface area (Å²) >= 11 is 0. The van der Waals surface area contributed by atoms with Crippen LogP contribution in [-0.2, 0) is 10.0 Å². The highest BCUT2D eigenvalue weighted by Gasteiger charge is 2.31. The number of sulfonamides is 1. The smallest absolute Gasteiger partial charge is 0.224 e. The van der Waals surface area contributed by atoms with Crippen molar-refractivity contribution in [2.24, 2.45) is 5.14 Å². The molecule has 9 heteroatoms. The molecular weight excluding hydrogens is 252 g/mol. The van der Waals surface area contributed by atoms with Crippen LogP contribution in [0.15, 0.2) is 4.90 Å². The quantitative estimate of drug-likeness (QED) is 0.593. The molecule has 4 nitrogen and oxygen atoms in total. The highest BCUT2D eigenvalue weighted by Crippen LogP contribution is 2.26. The summed E-state index contributed by atoms with van der Waals surface area (Å²) in [4.78, 5) is -1.94. The molecule has 1 rings (SSSR count). The molecule has 1 aromatic rings. The molecule has 0 saturated heterocycles. The van der Waals surface area contributed by atoms with Crippen LogP contribution in [0.5, 0.6) is 0 Å². The molecule has 0 unspecified atom stereocenters. The number of nitriles is 1. The molecule has 0 spiro atoms. The van der Waals surface area contributed by atoms with Gasteiger partial charge in [-0.15, -0.1) is 0 Å². The van der Waals surface area contributed by atoms with Crippen LogP contribution in [-0.4, -0.2) is 8.42 Å². The van der Waals surface area contributed by atoms with E-state index in [0.29, 0.717) is 0 Å². The van der Waals surface area contributed by atoms with Gasteiger partial charge in [0.15, 0.2) is 28.2 Å². The summed E-state index contributed by atoms with van der Waals surface area (Å²) in [6.07, 6.45) is 0. The maximum Gasteiger partial charge on any atom is 0.244 e. The lowest BCUT2D eigenvalue weighted by Gasteiger charge is -2.05. The van der Waals surface area contributed by atoms with Gasteiger partial charge in [0.05, 0.1) is 0 Å². The maximum atomic E-state index is 13.0. The minimum atomic E-state index is -4.97. The fourth-order valence-electron chi connectivity index (χ4n) is 0.960. The molecule has 2 N–H and O–H groups in total. The lowest BCUT2D eigenvalue weighted by molar-refractivity contribution is 0.416. The second-order valence-corrected chi connectivity index (χ2v) is 4.12. The van der Waals surface area contributed by atoms with E-state index >= 15 is 0 Å². The van der Waals surface area contributed by atoms with Crippen molar-refractivity contribution in [2.45, 2.75) is 4.90 Å². The van der Waals surface area contributed by atoms with Gasteiger partial charge in [-0.25, -0.2) is 31.1 Å². The van der Waals surface area contributed by atoms with E-state index in [-0.39, 0.29) is 0 Å². The fourth-order valence-corrected chi connectivity index (χ4v) is 1.64. The molecule has 0 heterocycles. The first-order valence-electron chi connectivity index (χ1n) is 3.50. The molecule has 1 aromatic carbocycles. The van der Waals surface area contributed by atoms with Crippen LogP contribution in [0.3, 0.4) is 0 Å². The average molecular weight is 254 g/mol. The van der Waals surface area contributed by atoms with E-state index in [4.69, 9.17) is 5.26 Å². The number of hydrogen-bond donors (Lipinski definition) is 1. The first-order valence-corrected chi connectivity index (χ1v) is 5.05. The molecule has 0 atom stereocenters. The molecular formula is C7H2F4N2O2S. The Labute approximate surface area is 87.0 Å². The second kappa shape index (κ2) is 3.73. The normalized spacial score (nSPS) is 11.2. The van der Waals surface area contributed by atoms with E-state index < -0.39 is 43.8 Å². The van der Waals surface area contributed by atoms with E-state index in [1.54, 1.807) is 0 Å². The Morgan fingerprint density at radius 1 is 1.00 bits per heavy atom. The topological polar surface area (TPSA) is 83.9 Å². The van der Waals surface area contributed by atoms with Gasteiger partial charge >= 0.3 is 0 Å². The minimum Gasteiger partial charge on any atom is -0.224 e. The molecule has 0 saturated carbocycles. The molecule has 16 heavy (non-hydrogen) atoms. The Kier molecular flexibility index (Phi) is 2.89. The van der Waals surface area contributed by atoms with Crippen molar-refractivity contribution < 1.29 is 26.0 Å². The van der Waals surface area contributed by atoms with Crippen molar-refractivity contribution in [1.29, 1.82) is 5.26 Å². The van der Waals surface area contributed by atoms with Gasteiger partial charge in [-0.1, -0.05) is 0 Å². The van der Waals surface area contributed by atoms with Gasteiger partial charge in [-0.05, 0) is 0 Å². The Bertz CT molecular complexity index is 577. The zero-order valence-electron chi connectivity index (χ0n) is 7.26. The number of benzene rings is 1. The van der Waals surface area contributed by atoms with Crippen LogP contribution < -0.4 is 5.14 Å². The zero-order valence-corrected chi connectivity index (χ0v) is 8.08. The van der Waals surface area contributed by atoms with Crippen LogP contribution in [0.1, 0.15) is 5.56 Å². The van der Waals surface area contributed by atoms with Gasteiger partial charge in [-0.3, -0.25) is 0 Å². The van der Waals surface area contributed by atoms with E-state index in [1.165, 1.54) is 0 Å². The maximum absolute atomic E-state index is 13.0. The van der Waals surface area contributed by atoms with Gasteiger partial charge in [0.25, 0.3) is 0 Å². The van der Waals surface area contributed by atoms with Crippen LogP contribution in [0.4, 0.5) is 17.6 Å². The third kappa shape index (κ3) is 1.72. The highest BCUT2D eigenvalue weighted by molar-refractivity contribution is 7.89. The van der Waals surface area contributed by atoms with Crippen molar-refractivity contribution in [2.75, 3.05) is 0 Å². The SMILES string of the molecule is N#Cc1c(F)c(F)c(S(N)(=O)=O)c(F)c1F. The molecule has 86 valence electrons. The van der Waals surface area contributed by atoms with E-state index in [9.17, 15) is 26.0 Å². The van der Waals surface area contributed by atoms with Gasteiger partial charge in [0.2, 0.25) is 10.0 Å². The molecule has 0 fully saturated rings. The van der Waals surface area contributed by atoms with Crippen molar-refractivity contribution >= 4 is 10.0 Å². The van der Waals surface area contributed by atoms with Crippen LogP contribution >= 0.6 is 0 Å². The average Bonchev–Trinajstić information content (AvgIpc) is 2.14. The van der Waals surface area contributed by atoms with Crippen molar-refractivity contribution in [3.63, 3.8) is 0 Å². The Hall–Kier alpha value is -1.66. The summed E-state index contributed by atoms with van der Waals surface area (Å²) in [5.41, 5.74) is -1.55. The van der Waals surface area contributed by atoms with E-state index in [1.807, 2.05) is 0 Å². The van der Waals surface area contributed by atoms with E-state index in [2.05, 4.69) is 5.14 Å². The van der Waals surface area contributed by atoms with E-state index in [0.717, 1.165) is 6.07 Å². The second-order valence-electron chi connectivity index (χ2n) is 2.62. The number of nitrogens with zero attached hydrogens (tertiary/aromatic N) is 1. The molecule has 0 aliphatic heterocycles. The summed E-state index contributed by atoms with van der Waals surface area (Å²) in [5.74, 6) is -8.66. The lowest BCUT2D eigenvalue weighted by Crippen LogP contribution is -2.19. The molecule has 0 aliphatic carbocycles. The predicted molar refractivity (Wildman–Crippen MR) is 42.4 cm³/mol. The van der Waals surface area contributed by atoms with Crippen molar-refractivity contribution in [3.8, 4) is 6.07 Å². The molecule has 0 aromatic heterocycles. The monoisotopic (exact) mass is 254 g/mol. The molecule has 0 bridgehead atoms. The Morgan fingerprint density at radius 3 is 1.62 bits per heavy atom. The van der Waals surface area contributed by atoms with Crippen LogP contribution in [0.2, 0.25) is 0 Å². The van der Waals surface area contributed by atoms with Gasteiger partial charge in [0.1, 0.15) is 11.6 Å². The first kappa shape index (κ1) is 12.4. The zero-order chi connectivity index (χ0) is 12.7. The standard InChI is InChI=1S/C7H2F4N2O2S/c8-3-2(1-12)4(9)6(11)7(5(3)10)16(13,14)15/h(H2,13,14,15). The lowest BCUT2D eigenvalue weighted by atomic mass is 10.2. The van der Waals surface area contributed by atoms with Crippen LogP contribution in [0.25, 0.3) is 0 Å².